The summed E-state index contributed by atoms with van der Waals surface area (Å²) in [6.45, 7) is 0. The number of hydrogen-bond donors (Lipinski definition) is 3. The van der Waals surface area contributed by atoms with Crippen LogP contribution in [0.5, 0.6) is 0 Å². The van der Waals surface area contributed by atoms with Crippen LogP contribution in [-0.4, -0.2) is 33.3 Å². The van der Waals surface area contributed by atoms with Crippen LogP contribution >= 0.6 is 0 Å². The number of carboxylic acid groups (broad SMARTS) is 1. The number of nitrogens with two attached hydrogens (primary N) is 1. The number of carbonyl (C=O) groups excluding carboxylic acids is 1. The van der Waals surface area contributed by atoms with E-state index in [9.17, 15) is 9.59 Å². The molecule has 17 heavy (non-hydrogen) atoms. The van der Waals surface area contributed by atoms with Gasteiger partial charge in [0.1, 0.15) is 0 Å². The minimum Gasteiger partial charge on any atom is -0.481 e. The van der Waals surface area contributed by atoms with E-state index >= 15 is 0 Å². The van der Waals surface area contributed by atoms with Crippen molar-refractivity contribution in [3.63, 3.8) is 0 Å². The second-order valence-electron chi connectivity index (χ2n) is 3.95. The summed E-state index contributed by atoms with van der Waals surface area (Å²) < 4.78 is 4.30. The molecule has 8 heteroatoms. The smallest absolute Gasteiger partial charge is 0.308 e. The molecule has 2 unspecified atom stereocenters. The Morgan fingerprint density at radius 3 is 2.76 bits per heavy atom. The molecule has 1 aliphatic rings. The number of nitrogens with one attached hydrogen (secondary N) is 1. The maximum atomic E-state index is 11.7. The summed E-state index contributed by atoms with van der Waals surface area (Å²) in [5.41, 5.74) is 5.26. The fourth-order valence-electron chi connectivity index (χ4n) is 2.02. The molecule has 0 saturated heterocycles. The third kappa shape index (κ3) is 2.19. The molecule has 1 aromatic rings. The van der Waals surface area contributed by atoms with Crippen molar-refractivity contribution in [2.45, 2.75) is 25.3 Å². The van der Waals surface area contributed by atoms with Gasteiger partial charge >= 0.3 is 5.97 Å². The van der Waals surface area contributed by atoms with Gasteiger partial charge in [0.25, 0.3) is 5.91 Å². The summed E-state index contributed by atoms with van der Waals surface area (Å²) >= 11 is 0. The molecule has 1 aromatic heterocycles. The third-order valence-electron chi connectivity index (χ3n) is 2.88. The van der Waals surface area contributed by atoms with Crippen LogP contribution in [0.4, 0.5) is 5.82 Å². The molecule has 0 bridgehead atoms. The Kier molecular flexibility index (Phi) is 2.94. The van der Waals surface area contributed by atoms with Crippen LogP contribution in [0.2, 0.25) is 0 Å². The van der Waals surface area contributed by atoms with E-state index in [4.69, 9.17) is 10.8 Å². The molecule has 0 aliphatic heterocycles. The number of carboxylic acids is 1. The van der Waals surface area contributed by atoms with Gasteiger partial charge in [0, 0.05) is 6.04 Å². The van der Waals surface area contributed by atoms with Gasteiger partial charge in [-0.15, -0.1) is 0 Å². The second-order valence-corrected chi connectivity index (χ2v) is 3.95. The average molecular weight is 240 g/mol. The molecular formula is C9H12N4O4. The average Bonchev–Trinajstić information content (AvgIpc) is 2.86. The molecule has 1 aliphatic carbocycles. The minimum absolute atomic E-state index is 0.104. The normalized spacial score (nSPS) is 23.5. The largest absolute Gasteiger partial charge is 0.481 e. The van der Waals surface area contributed by atoms with Gasteiger partial charge in [0.05, 0.1) is 5.92 Å². The highest BCUT2D eigenvalue weighted by molar-refractivity contribution is 5.96. The van der Waals surface area contributed by atoms with Gasteiger partial charge in [-0.2, -0.15) is 0 Å². The van der Waals surface area contributed by atoms with Crippen molar-refractivity contribution in [1.29, 1.82) is 0 Å². The zero-order chi connectivity index (χ0) is 12.4. The van der Waals surface area contributed by atoms with Crippen LogP contribution in [0.1, 0.15) is 29.8 Å². The van der Waals surface area contributed by atoms with Gasteiger partial charge in [0.2, 0.25) is 11.5 Å². The zero-order valence-corrected chi connectivity index (χ0v) is 8.92. The van der Waals surface area contributed by atoms with E-state index in [0.29, 0.717) is 12.8 Å². The Morgan fingerprint density at radius 1 is 1.41 bits per heavy atom. The lowest BCUT2D eigenvalue weighted by Gasteiger charge is -2.16. The summed E-state index contributed by atoms with van der Waals surface area (Å²) in [6.07, 6.45) is 1.97. The summed E-state index contributed by atoms with van der Waals surface area (Å²) in [7, 11) is 0. The Labute approximate surface area is 96.1 Å². The number of nitrogens with zero attached hydrogens (tertiary/aromatic N) is 2. The van der Waals surface area contributed by atoms with Crippen molar-refractivity contribution in [1.82, 2.24) is 15.6 Å². The number of aliphatic carboxylic acids is 1. The van der Waals surface area contributed by atoms with E-state index in [1.165, 1.54) is 0 Å². The molecule has 2 rings (SSSR count). The van der Waals surface area contributed by atoms with Gasteiger partial charge in [-0.05, 0) is 23.2 Å². The third-order valence-corrected chi connectivity index (χ3v) is 2.88. The fourth-order valence-corrected chi connectivity index (χ4v) is 2.02. The first-order chi connectivity index (χ1) is 8.09. The molecule has 1 amide bonds. The van der Waals surface area contributed by atoms with E-state index in [2.05, 4.69) is 20.3 Å². The fraction of sp³-hybridized carbons (Fsp3) is 0.556. The summed E-state index contributed by atoms with van der Waals surface area (Å²) in [5.74, 6) is -2.12. The second kappa shape index (κ2) is 4.40. The number of carbonyl (C=O) groups is 2. The molecule has 8 nitrogen and oxygen atoms in total. The minimum atomic E-state index is -0.904. The molecule has 1 saturated carbocycles. The van der Waals surface area contributed by atoms with Crippen molar-refractivity contribution in [2.75, 3.05) is 5.73 Å². The highest BCUT2D eigenvalue weighted by atomic mass is 16.6. The molecular weight excluding hydrogens is 228 g/mol. The zero-order valence-electron chi connectivity index (χ0n) is 8.92. The lowest BCUT2D eigenvalue weighted by Crippen LogP contribution is -2.40. The van der Waals surface area contributed by atoms with Gasteiger partial charge in [-0.25, -0.2) is 4.63 Å². The number of anilines is 1. The van der Waals surface area contributed by atoms with Crippen molar-refractivity contribution in [3.8, 4) is 0 Å². The van der Waals surface area contributed by atoms with Crippen LogP contribution in [-0.2, 0) is 4.79 Å². The lowest BCUT2D eigenvalue weighted by atomic mass is 10.0. The Hall–Kier alpha value is -2.12. The SMILES string of the molecule is Nc1nonc1C(=O)NC1CCCC1C(=O)O. The van der Waals surface area contributed by atoms with Crippen LogP contribution in [0, 0.1) is 5.92 Å². The Balaban J connectivity index is 2.04. The highest BCUT2D eigenvalue weighted by Gasteiger charge is 2.34. The molecule has 0 spiro atoms. The standard InChI is InChI=1S/C9H12N4O4/c10-7-6(12-17-13-7)8(14)11-5-3-1-2-4(5)9(15)16/h4-5H,1-3H2,(H2,10,13)(H,11,14)(H,15,16). The topological polar surface area (TPSA) is 131 Å². The van der Waals surface area contributed by atoms with E-state index in [1.54, 1.807) is 0 Å². The first-order valence-corrected chi connectivity index (χ1v) is 5.21. The lowest BCUT2D eigenvalue weighted by molar-refractivity contribution is -0.142. The van der Waals surface area contributed by atoms with Crippen LogP contribution < -0.4 is 11.1 Å². The molecule has 92 valence electrons. The van der Waals surface area contributed by atoms with Crippen molar-refractivity contribution in [2.24, 2.45) is 5.92 Å². The monoisotopic (exact) mass is 240 g/mol. The summed E-state index contributed by atoms with van der Waals surface area (Å²) in [5, 5.41) is 18.2. The predicted octanol–water partition coefficient (Wildman–Crippen LogP) is -0.365. The number of hydrogen-bond acceptors (Lipinski definition) is 6. The van der Waals surface area contributed by atoms with E-state index in [0.717, 1.165) is 6.42 Å². The van der Waals surface area contributed by atoms with E-state index < -0.39 is 23.8 Å². The number of amides is 1. The number of nitrogen functional groups attached to an aromatic ring is 1. The maximum Gasteiger partial charge on any atom is 0.308 e. The van der Waals surface area contributed by atoms with E-state index in [-0.39, 0.29) is 11.5 Å². The maximum absolute atomic E-state index is 11.7. The number of aromatic nitrogens is 2. The van der Waals surface area contributed by atoms with Gasteiger partial charge < -0.3 is 16.2 Å². The summed E-state index contributed by atoms with van der Waals surface area (Å²) in [4.78, 5) is 22.6. The van der Waals surface area contributed by atoms with Crippen LogP contribution in [0.3, 0.4) is 0 Å². The summed E-state index contributed by atoms with van der Waals surface area (Å²) in [6, 6.07) is -0.393. The number of rotatable bonds is 3. The molecule has 2 atom stereocenters. The predicted molar refractivity (Wildman–Crippen MR) is 54.9 cm³/mol. The van der Waals surface area contributed by atoms with Crippen molar-refractivity contribution in [3.05, 3.63) is 5.69 Å². The highest BCUT2D eigenvalue weighted by Crippen LogP contribution is 2.26. The Bertz CT molecular complexity index is 444. The first kappa shape index (κ1) is 11.4. The molecule has 1 heterocycles. The Morgan fingerprint density at radius 2 is 2.18 bits per heavy atom. The van der Waals surface area contributed by atoms with Crippen LogP contribution in [0.15, 0.2) is 4.63 Å². The van der Waals surface area contributed by atoms with Gasteiger partial charge in [-0.1, -0.05) is 6.42 Å². The van der Waals surface area contributed by atoms with Crippen LogP contribution in [0.25, 0.3) is 0 Å². The van der Waals surface area contributed by atoms with Crippen molar-refractivity contribution < 1.29 is 19.3 Å². The quantitative estimate of drug-likeness (QED) is 0.656. The van der Waals surface area contributed by atoms with Gasteiger partial charge in [0.15, 0.2) is 0 Å². The van der Waals surface area contributed by atoms with Gasteiger partial charge in [-0.3, -0.25) is 9.59 Å². The van der Waals surface area contributed by atoms with Crippen molar-refractivity contribution >= 4 is 17.7 Å². The molecule has 0 aromatic carbocycles. The molecule has 4 N–H and O–H groups in total. The van der Waals surface area contributed by atoms with E-state index in [1.807, 2.05) is 0 Å². The first-order valence-electron chi connectivity index (χ1n) is 5.21. The molecule has 0 radical (unpaired) electrons. The molecule has 1 fully saturated rings.